The van der Waals surface area contributed by atoms with E-state index in [-0.39, 0.29) is 5.54 Å². The second-order valence-electron chi connectivity index (χ2n) is 5.16. The Balaban J connectivity index is 2.36. The monoisotopic (exact) mass is 232 g/mol. The molecule has 2 rings (SSSR count). The molecular weight excluding hydrogens is 208 g/mol. The minimum Gasteiger partial charge on any atom is -0.363 e. The number of rotatable bonds is 3. The normalized spacial score (nSPS) is 25.0. The summed E-state index contributed by atoms with van der Waals surface area (Å²) in [6.45, 7) is 10.2. The van der Waals surface area contributed by atoms with Crippen molar-refractivity contribution >= 4 is 5.69 Å². The summed E-state index contributed by atoms with van der Waals surface area (Å²) >= 11 is 0. The summed E-state index contributed by atoms with van der Waals surface area (Å²) in [7, 11) is 0. The zero-order valence-electron chi connectivity index (χ0n) is 11.3. The number of hydrogen-bond donors (Lipinski definition) is 1. The van der Waals surface area contributed by atoms with E-state index in [1.165, 1.54) is 17.7 Å². The summed E-state index contributed by atoms with van der Waals surface area (Å²) < 4.78 is 0. The van der Waals surface area contributed by atoms with Gasteiger partial charge in [0.05, 0.1) is 0 Å². The fourth-order valence-corrected chi connectivity index (χ4v) is 2.71. The molecule has 0 bridgehead atoms. The van der Waals surface area contributed by atoms with Gasteiger partial charge in [-0.15, -0.1) is 0 Å². The van der Waals surface area contributed by atoms with Gasteiger partial charge in [0.1, 0.15) is 0 Å². The van der Waals surface area contributed by atoms with E-state index in [0.717, 1.165) is 26.1 Å². The molecule has 1 atom stereocenters. The molecule has 1 aliphatic rings. The topological polar surface area (TPSA) is 15.3 Å². The Bertz CT molecular complexity index is 375. The van der Waals surface area contributed by atoms with Crippen LogP contribution in [0.2, 0.25) is 0 Å². The average molecular weight is 232 g/mol. The van der Waals surface area contributed by atoms with Gasteiger partial charge in [0.25, 0.3) is 0 Å². The second kappa shape index (κ2) is 5.09. The number of piperazine rings is 1. The molecule has 0 saturated carbocycles. The maximum Gasteiger partial charge on any atom is 0.0496 e. The third-order valence-corrected chi connectivity index (χ3v) is 4.09. The quantitative estimate of drug-likeness (QED) is 0.862. The zero-order valence-corrected chi connectivity index (χ0v) is 11.3. The van der Waals surface area contributed by atoms with Crippen molar-refractivity contribution in [1.82, 2.24) is 5.32 Å². The van der Waals surface area contributed by atoms with E-state index in [0.29, 0.717) is 0 Å². The van der Waals surface area contributed by atoms with Crippen LogP contribution in [0.1, 0.15) is 32.8 Å². The van der Waals surface area contributed by atoms with Gasteiger partial charge in [0.15, 0.2) is 0 Å². The molecule has 1 N–H and O–H groups in total. The molecule has 1 unspecified atom stereocenters. The Hall–Kier alpha value is -1.02. The van der Waals surface area contributed by atoms with Crippen LogP contribution < -0.4 is 10.2 Å². The Morgan fingerprint density at radius 3 is 2.76 bits per heavy atom. The fraction of sp³-hybridized carbons (Fsp3) is 0.600. The number of aryl methyl sites for hydroxylation is 1. The van der Waals surface area contributed by atoms with E-state index >= 15 is 0 Å². The van der Waals surface area contributed by atoms with Gasteiger partial charge >= 0.3 is 0 Å². The molecule has 0 aliphatic carbocycles. The molecule has 1 aromatic rings. The molecule has 94 valence electrons. The van der Waals surface area contributed by atoms with Crippen LogP contribution in [0.3, 0.4) is 0 Å². The molecule has 0 spiro atoms. The van der Waals surface area contributed by atoms with Crippen LogP contribution in [0.25, 0.3) is 0 Å². The van der Waals surface area contributed by atoms with Crippen LogP contribution in [0.5, 0.6) is 0 Å². The first kappa shape index (κ1) is 12.4. The molecule has 2 heteroatoms. The van der Waals surface area contributed by atoms with Crippen molar-refractivity contribution in [1.29, 1.82) is 0 Å². The van der Waals surface area contributed by atoms with E-state index in [1.54, 1.807) is 0 Å². The van der Waals surface area contributed by atoms with Crippen LogP contribution in [-0.4, -0.2) is 25.2 Å². The molecule has 1 saturated heterocycles. The second-order valence-corrected chi connectivity index (χ2v) is 5.16. The van der Waals surface area contributed by atoms with E-state index in [1.807, 2.05) is 0 Å². The van der Waals surface area contributed by atoms with Crippen LogP contribution in [0, 0.1) is 0 Å². The van der Waals surface area contributed by atoms with E-state index in [9.17, 15) is 0 Å². The molecule has 0 aromatic heterocycles. The Morgan fingerprint density at radius 2 is 2.06 bits per heavy atom. The van der Waals surface area contributed by atoms with Gasteiger partial charge < -0.3 is 10.2 Å². The highest BCUT2D eigenvalue weighted by Gasteiger charge is 2.33. The first-order chi connectivity index (χ1) is 8.21. The lowest BCUT2D eigenvalue weighted by Gasteiger charge is -2.47. The number of para-hydroxylation sites is 1. The fourth-order valence-electron chi connectivity index (χ4n) is 2.71. The van der Waals surface area contributed by atoms with Crippen molar-refractivity contribution in [3.63, 3.8) is 0 Å². The van der Waals surface area contributed by atoms with Crippen molar-refractivity contribution in [3.8, 4) is 0 Å². The third-order valence-electron chi connectivity index (χ3n) is 4.09. The molecule has 1 aliphatic heterocycles. The summed E-state index contributed by atoms with van der Waals surface area (Å²) in [6.07, 6.45) is 2.29. The molecular formula is C15H24N2. The minimum absolute atomic E-state index is 0.253. The first-order valence-electron chi connectivity index (χ1n) is 6.77. The number of hydrogen-bond acceptors (Lipinski definition) is 2. The highest BCUT2D eigenvalue weighted by Crippen LogP contribution is 2.30. The van der Waals surface area contributed by atoms with Crippen LogP contribution in [-0.2, 0) is 6.42 Å². The lowest BCUT2D eigenvalue weighted by molar-refractivity contribution is 0.342. The molecule has 0 amide bonds. The van der Waals surface area contributed by atoms with E-state index < -0.39 is 0 Å². The van der Waals surface area contributed by atoms with Crippen molar-refractivity contribution in [2.24, 2.45) is 0 Å². The summed E-state index contributed by atoms with van der Waals surface area (Å²) in [4.78, 5) is 2.60. The van der Waals surface area contributed by atoms with Gasteiger partial charge in [-0.2, -0.15) is 0 Å². The predicted octanol–water partition coefficient (Wildman–Crippen LogP) is 2.83. The molecule has 2 nitrogen and oxygen atoms in total. The number of anilines is 1. The standard InChI is InChI=1S/C15H24N2/c1-4-13-8-6-7-9-14(13)17-11-10-16-12-15(17,3)5-2/h6-9,16H,4-5,10-12H2,1-3H3. The van der Waals surface area contributed by atoms with Crippen LogP contribution in [0.15, 0.2) is 24.3 Å². The minimum atomic E-state index is 0.253. The Morgan fingerprint density at radius 1 is 1.29 bits per heavy atom. The first-order valence-corrected chi connectivity index (χ1v) is 6.77. The highest BCUT2D eigenvalue weighted by atomic mass is 15.3. The van der Waals surface area contributed by atoms with Crippen molar-refractivity contribution < 1.29 is 0 Å². The van der Waals surface area contributed by atoms with Crippen molar-refractivity contribution in [2.45, 2.75) is 39.2 Å². The van der Waals surface area contributed by atoms with Crippen molar-refractivity contribution in [2.75, 3.05) is 24.5 Å². The predicted molar refractivity (Wildman–Crippen MR) is 74.7 cm³/mol. The van der Waals surface area contributed by atoms with Gasteiger partial charge in [-0.05, 0) is 31.4 Å². The highest BCUT2D eigenvalue weighted by molar-refractivity contribution is 5.56. The molecule has 17 heavy (non-hydrogen) atoms. The zero-order chi connectivity index (χ0) is 12.3. The molecule has 1 fully saturated rings. The average Bonchev–Trinajstić information content (AvgIpc) is 2.39. The van der Waals surface area contributed by atoms with Gasteiger partial charge in [-0.3, -0.25) is 0 Å². The Labute approximate surface area is 105 Å². The largest absolute Gasteiger partial charge is 0.363 e. The maximum absolute atomic E-state index is 3.52. The SMILES string of the molecule is CCc1ccccc1N1CCNCC1(C)CC. The third kappa shape index (κ3) is 2.32. The molecule has 1 aromatic carbocycles. The van der Waals surface area contributed by atoms with Gasteiger partial charge in [0, 0.05) is 30.9 Å². The Kier molecular flexibility index (Phi) is 3.72. The van der Waals surface area contributed by atoms with Gasteiger partial charge in [0.2, 0.25) is 0 Å². The smallest absolute Gasteiger partial charge is 0.0496 e. The van der Waals surface area contributed by atoms with Gasteiger partial charge in [-0.1, -0.05) is 32.0 Å². The number of nitrogens with zero attached hydrogens (tertiary/aromatic N) is 1. The van der Waals surface area contributed by atoms with Gasteiger partial charge in [-0.25, -0.2) is 0 Å². The summed E-state index contributed by atoms with van der Waals surface area (Å²) in [6, 6.07) is 8.84. The van der Waals surface area contributed by atoms with Crippen LogP contribution >= 0.6 is 0 Å². The summed E-state index contributed by atoms with van der Waals surface area (Å²) in [5.74, 6) is 0. The molecule has 1 heterocycles. The summed E-state index contributed by atoms with van der Waals surface area (Å²) in [5.41, 5.74) is 3.15. The van der Waals surface area contributed by atoms with E-state index in [4.69, 9.17) is 0 Å². The molecule has 0 radical (unpaired) electrons. The van der Waals surface area contributed by atoms with E-state index in [2.05, 4.69) is 55.3 Å². The summed E-state index contributed by atoms with van der Waals surface area (Å²) in [5, 5.41) is 3.52. The number of nitrogens with one attached hydrogen (secondary N) is 1. The lowest BCUT2D eigenvalue weighted by atomic mass is 9.92. The maximum atomic E-state index is 3.52. The lowest BCUT2D eigenvalue weighted by Crippen LogP contribution is -2.59. The number of benzene rings is 1. The van der Waals surface area contributed by atoms with Crippen molar-refractivity contribution in [3.05, 3.63) is 29.8 Å². The van der Waals surface area contributed by atoms with Crippen LogP contribution in [0.4, 0.5) is 5.69 Å².